The average molecular weight is 422 g/mol. The minimum Gasteiger partial charge on any atom is -0.358 e. The Kier molecular flexibility index (Phi) is 6.83. The Morgan fingerprint density at radius 1 is 1.10 bits per heavy atom. The lowest BCUT2D eigenvalue weighted by atomic mass is 10.1. The van der Waals surface area contributed by atoms with Crippen LogP contribution in [-0.4, -0.2) is 53.6 Å². The molecule has 0 bridgehead atoms. The molecule has 156 valence electrons. The summed E-state index contributed by atoms with van der Waals surface area (Å²) in [5.41, 5.74) is 1.54. The maximum absolute atomic E-state index is 13.9. The summed E-state index contributed by atoms with van der Waals surface area (Å²) >= 11 is 0. The molecule has 9 heteroatoms. The summed E-state index contributed by atoms with van der Waals surface area (Å²) in [5.74, 6) is -0.244. The largest absolute Gasteiger partial charge is 0.358 e. The number of piperazine rings is 1. The van der Waals surface area contributed by atoms with Gasteiger partial charge in [0.2, 0.25) is 10.0 Å². The van der Waals surface area contributed by atoms with Gasteiger partial charge in [-0.3, -0.25) is 4.79 Å². The molecule has 0 saturated carbocycles. The summed E-state index contributed by atoms with van der Waals surface area (Å²) in [5, 5.41) is 7.97. The molecule has 0 spiro atoms. The minimum atomic E-state index is -3.69. The van der Waals surface area contributed by atoms with Gasteiger partial charge in [-0.05, 0) is 36.2 Å². The van der Waals surface area contributed by atoms with Crippen molar-refractivity contribution in [1.82, 2.24) is 5.32 Å². The van der Waals surface area contributed by atoms with Crippen molar-refractivity contribution in [1.29, 1.82) is 0 Å². The molecular weight excluding hydrogens is 395 g/mol. The summed E-state index contributed by atoms with van der Waals surface area (Å²) in [4.78, 5) is 15.5. The molecule has 1 aliphatic rings. The SMILES string of the molecule is NS(=O)(=O)c1ccc(CCNC(=O)C[NH+]2CCN(c3ccccc3F)CC2)cc1. The van der Waals surface area contributed by atoms with Crippen LogP contribution < -0.4 is 20.3 Å². The van der Waals surface area contributed by atoms with E-state index < -0.39 is 10.0 Å². The van der Waals surface area contributed by atoms with Gasteiger partial charge >= 0.3 is 0 Å². The summed E-state index contributed by atoms with van der Waals surface area (Å²) in [7, 11) is -3.69. The molecule has 0 unspecified atom stereocenters. The second-order valence-corrected chi connectivity index (χ2v) is 8.72. The number of halogens is 1. The lowest BCUT2D eigenvalue weighted by Crippen LogP contribution is -3.16. The van der Waals surface area contributed by atoms with Crippen LogP contribution in [0.25, 0.3) is 0 Å². The number of amides is 1. The van der Waals surface area contributed by atoms with Gasteiger partial charge < -0.3 is 15.1 Å². The predicted molar refractivity (Wildman–Crippen MR) is 109 cm³/mol. The number of nitrogens with two attached hydrogens (primary N) is 1. The Hall–Kier alpha value is -2.49. The zero-order valence-corrected chi connectivity index (χ0v) is 16.9. The van der Waals surface area contributed by atoms with E-state index in [1.165, 1.54) is 23.1 Å². The highest BCUT2D eigenvalue weighted by atomic mass is 32.2. The van der Waals surface area contributed by atoms with Gasteiger partial charge in [0.25, 0.3) is 5.91 Å². The van der Waals surface area contributed by atoms with Crippen molar-refractivity contribution in [3.63, 3.8) is 0 Å². The van der Waals surface area contributed by atoms with E-state index >= 15 is 0 Å². The number of hydrogen-bond donors (Lipinski definition) is 3. The second kappa shape index (κ2) is 9.34. The van der Waals surface area contributed by atoms with E-state index in [9.17, 15) is 17.6 Å². The molecule has 0 atom stereocenters. The van der Waals surface area contributed by atoms with Crippen LogP contribution >= 0.6 is 0 Å². The van der Waals surface area contributed by atoms with Crippen LogP contribution in [0.5, 0.6) is 0 Å². The van der Waals surface area contributed by atoms with Gasteiger partial charge in [0, 0.05) is 6.54 Å². The van der Waals surface area contributed by atoms with E-state index in [1.54, 1.807) is 24.3 Å². The third kappa shape index (κ3) is 5.99. The van der Waals surface area contributed by atoms with Crippen LogP contribution in [0.15, 0.2) is 53.4 Å². The van der Waals surface area contributed by atoms with E-state index in [4.69, 9.17) is 5.14 Å². The molecule has 3 rings (SSSR count). The Bertz CT molecular complexity index is 942. The first-order valence-corrected chi connectivity index (χ1v) is 11.1. The lowest BCUT2D eigenvalue weighted by molar-refractivity contribution is -0.892. The molecule has 1 heterocycles. The molecule has 0 aromatic heterocycles. The molecule has 4 N–H and O–H groups in total. The summed E-state index contributed by atoms with van der Waals surface area (Å²) in [6.07, 6.45) is 0.604. The van der Waals surface area contributed by atoms with E-state index in [-0.39, 0.29) is 16.6 Å². The number of rotatable bonds is 7. The summed E-state index contributed by atoms with van der Waals surface area (Å²) < 4.78 is 36.4. The molecule has 1 fully saturated rings. The lowest BCUT2D eigenvalue weighted by Gasteiger charge is -2.33. The molecule has 2 aromatic carbocycles. The fourth-order valence-electron chi connectivity index (χ4n) is 3.43. The Labute approximate surface area is 170 Å². The molecular formula is C20H26FN4O3S+. The monoisotopic (exact) mass is 421 g/mol. The fourth-order valence-corrected chi connectivity index (χ4v) is 3.95. The van der Waals surface area contributed by atoms with Crippen molar-refractivity contribution in [2.75, 3.05) is 44.2 Å². The first-order chi connectivity index (χ1) is 13.8. The number of quaternary nitrogens is 1. The number of nitrogens with zero attached hydrogens (tertiary/aromatic N) is 1. The van der Waals surface area contributed by atoms with Crippen LogP contribution in [0.2, 0.25) is 0 Å². The van der Waals surface area contributed by atoms with E-state index in [0.717, 1.165) is 18.7 Å². The number of primary sulfonamides is 1. The Morgan fingerprint density at radius 3 is 2.38 bits per heavy atom. The van der Waals surface area contributed by atoms with Gasteiger partial charge in [-0.15, -0.1) is 0 Å². The Morgan fingerprint density at radius 2 is 1.76 bits per heavy atom. The van der Waals surface area contributed by atoms with Gasteiger partial charge in [0.1, 0.15) is 5.82 Å². The van der Waals surface area contributed by atoms with Crippen LogP contribution in [0, 0.1) is 5.82 Å². The van der Waals surface area contributed by atoms with Crippen LogP contribution in [-0.2, 0) is 21.2 Å². The van der Waals surface area contributed by atoms with Gasteiger partial charge in [-0.2, -0.15) is 0 Å². The number of benzene rings is 2. The minimum absolute atomic E-state index is 0.0273. The van der Waals surface area contributed by atoms with Gasteiger partial charge in [0.15, 0.2) is 6.54 Å². The van der Waals surface area contributed by atoms with E-state index in [1.807, 2.05) is 11.0 Å². The normalized spacial score (nSPS) is 15.3. The zero-order chi connectivity index (χ0) is 20.9. The highest BCUT2D eigenvalue weighted by molar-refractivity contribution is 7.89. The molecule has 1 aliphatic heterocycles. The number of carbonyl (C=O) groups excluding carboxylic acids is 1. The number of anilines is 1. The van der Waals surface area contributed by atoms with Crippen LogP contribution in [0.3, 0.4) is 0 Å². The maximum atomic E-state index is 13.9. The summed E-state index contributed by atoms with van der Waals surface area (Å²) in [6, 6.07) is 13.1. The molecule has 29 heavy (non-hydrogen) atoms. The smallest absolute Gasteiger partial charge is 0.275 e. The molecule has 1 amide bonds. The Balaban J connectivity index is 1.39. The van der Waals surface area contributed by atoms with Crippen LogP contribution in [0.4, 0.5) is 10.1 Å². The quantitative estimate of drug-likeness (QED) is 0.564. The number of hydrogen-bond acceptors (Lipinski definition) is 4. The number of para-hydroxylation sites is 1. The van der Waals surface area contributed by atoms with Crippen molar-refractivity contribution < 1.29 is 22.5 Å². The molecule has 1 saturated heterocycles. The zero-order valence-electron chi connectivity index (χ0n) is 16.1. The van der Waals surface area contributed by atoms with Gasteiger partial charge in [-0.25, -0.2) is 17.9 Å². The van der Waals surface area contributed by atoms with E-state index in [2.05, 4.69) is 5.32 Å². The van der Waals surface area contributed by atoms with Crippen molar-refractivity contribution in [3.05, 3.63) is 59.9 Å². The van der Waals surface area contributed by atoms with Gasteiger partial charge in [0.05, 0.1) is 36.8 Å². The highest BCUT2D eigenvalue weighted by Gasteiger charge is 2.23. The van der Waals surface area contributed by atoms with Crippen molar-refractivity contribution >= 4 is 21.6 Å². The number of nitrogens with one attached hydrogen (secondary N) is 2. The molecule has 2 aromatic rings. The first kappa shape index (κ1) is 21.2. The molecule has 0 aliphatic carbocycles. The first-order valence-electron chi connectivity index (χ1n) is 9.54. The predicted octanol–water partition coefficient (Wildman–Crippen LogP) is -0.463. The topological polar surface area (TPSA) is 96.9 Å². The molecule has 7 nitrogen and oxygen atoms in total. The van der Waals surface area contributed by atoms with Crippen molar-refractivity contribution in [2.45, 2.75) is 11.3 Å². The third-order valence-corrected chi connectivity index (χ3v) is 5.99. The average Bonchev–Trinajstić information content (AvgIpc) is 2.69. The second-order valence-electron chi connectivity index (χ2n) is 7.15. The van der Waals surface area contributed by atoms with E-state index in [0.29, 0.717) is 38.3 Å². The van der Waals surface area contributed by atoms with Crippen LogP contribution in [0.1, 0.15) is 5.56 Å². The number of sulfonamides is 1. The fraction of sp³-hybridized carbons (Fsp3) is 0.350. The number of carbonyl (C=O) groups is 1. The highest BCUT2D eigenvalue weighted by Crippen LogP contribution is 2.18. The molecule has 0 radical (unpaired) electrons. The van der Waals surface area contributed by atoms with Crippen molar-refractivity contribution in [3.8, 4) is 0 Å². The van der Waals surface area contributed by atoms with Crippen molar-refractivity contribution in [2.24, 2.45) is 5.14 Å². The maximum Gasteiger partial charge on any atom is 0.275 e. The summed E-state index contributed by atoms with van der Waals surface area (Å²) in [6.45, 7) is 3.82. The third-order valence-electron chi connectivity index (χ3n) is 5.06. The van der Waals surface area contributed by atoms with Gasteiger partial charge in [-0.1, -0.05) is 24.3 Å². The standard InChI is InChI=1S/C20H25FN4O3S/c21-18-3-1-2-4-19(18)25-13-11-24(12-14-25)15-20(26)23-10-9-16-5-7-17(8-6-16)29(22,27)28/h1-8H,9-15H2,(H,23,26)(H2,22,27,28)/p+1.